The number of benzene rings is 1. The minimum atomic E-state index is 0.659. The summed E-state index contributed by atoms with van der Waals surface area (Å²) in [7, 11) is 0. The smallest absolute Gasteiger partial charge is 0.0642 e. The fraction of sp³-hybridized carbons (Fsp3) is 0.647. The van der Waals surface area contributed by atoms with E-state index in [9.17, 15) is 0 Å². The first kappa shape index (κ1) is 14.2. The number of para-hydroxylation sites is 1. The van der Waals surface area contributed by atoms with Crippen molar-refractivity contribution in [1.82, 2.24) is 0 Å². The Morgan fingerprint density at radius 2 is 1.80 bits per heavy atom. The molecule has 1 heterocycles. The quantitative estimate of drug-likeness (QED) is 0.912. The van der Waals surface area contributed by atoms with Gasteiger partial charge in [-0.2, -0.15) is 0 Å². The van der Waals surface area contributed by atoms with Crippen LogP contribution in [0.5, 0.6) is 0 Å². The second-order valence-corrected chi connectivity index (χ2v) is 6.89. The van der Waals surface area contributed by atoms with Crippen molar-refractivity contribution < 1.29 is 0 Å². The molecule has 20 heavy (non-hydrogen) atoms. The summed E-state index contributed by atoms with van der Waals surface area (Å²) in [5, 5.41) is 0.887. The van der Waals surface area contributed by atoms with E-state index in [1.165, 1.54) is 49.8 Å². The van der Waals surface area contributed by atoms with Crippen molar-refractivity contribution in [3.63, 3.8) is 0 Å². The molecule has 3 rings (SSSR count). The van der Waals surface area contributed by atoms with E-state index in [1.54, 1.807) is 0 Å². The first-order valence-corrected chi connectivity index (χ1v) is 8.34. The lowest BCUT2D eigenvalue weighted by Gasteiger charge is -2.41. The Kier molecular flexibility index (Phi) is 4.23. The highest BCUT2D eigenvalue weighted by molar-refractivity contribution is 6.33. The van der Waals surface area contributed by atoms with Crippen molar-refractivity contribution in [3.05, 3.63) is 28.8 Å². The van der Waals surface area contributed by atoms with Crippen molar-refractivity contribution in [2.45, 2.75) is 44.9 Å². The van der Waals surface area contributed by atoms with Gasteiger partial charge >= 0.3 is 0 Å². The lowest BCUT2D eigenvalue weighted by atomic mass is 9.77. The van der Waals surface area contributed by atoms with Gasteiger partial charge in [0.1, 0.15) is 0 Å². The van der Waals surface area contributed by atoms with Crippen LogP contribution < -0.4 is 10.6 Å². The highest BCUT2D eigenvalue weighted by atomic mass is 35.5. The molecule has 0 bridgehead atoms. The highest BCUT2D eigenvalue weighted by Gasteiger charge is 2.37. The van der Waals surface area contributed by atoms with Crippen molar-refractivity contribution in [2.24, 2.45) is 11.1 Å². The third-order valence-corrected chi connectivity index (χ3v) is 5.59. The van der Waals surface area contributed by atoms with Gasteiger partial charge in [-0.15, -0.1) is 0 Å². The Morgan fingerprint density at radius 1 is 1.10 bits per heavy atom. The summed E-state index contributed by atoms with van der Waals surface area (Å²) in [6.07, 6.45) is 9.34. The number of anilines is 1. The van der Waals surface area contributed by atoms with Crippen LogP contribution in [0.3, 0.4) is 0 Å². The van der Waals surface area contributed by atoms with Gasteiger partial charge in [0.15, 0.2) is 0 Å². The predicted molar refractivity (Wildman–Crippen MR) is 86.6 cm³/mol. The average Bonchev–Trinajstić information content (AvgIpc) is 2.90. The molecule has 1 aromatic rings. The molecular formula is C17H25ClN2. The number of nitrogens with two attached hydrogens (primary N) is 1. The lowest BCUT2D eigenvalue weighted by Crippen LogP contribution is -2.39. The molecule has 0 aromatic heterocycles. The van der Waals surface area contributed by atoms with Crippen molar-refractivity contribution in [2.75, 3.05) is 24.5 Å². The second kappa shape index (κ2) is 5.95. The van der Waals surface area contributed by atoms with Crippen LogP contribution in [0, 0.1) is 5.41 Å². The molecule has 2 N–H and O–H groups in total. The lowest BCUT2D eigenvalue weighted by molar-refractivity contribution is 0.226. The average molecular weight is 293 g/mol. The van der Waals surface area contributed by atoms with E-state index >= 15 is 0 Å². The topological polar surface area (TPSA) is 29.3 Å². The van der Waals surface area contributed by atoms with E-state index in [-0.39, 0.29) is 0 Å². The zero-order valence-corrected chi connectivity index (χ0v) is 13.0. The summed E-state index contributed by atoms with van der Waals surface area (Å²) in [6.45, 7) is 2.99. The summed E-state index contributed by atoms with van der Waals surface area (Å²) < 4.78 is 0. The van der Waals surface area contributed by atoms with Crippen molar-refractivity contribution in [1.29, 1.82) is 0 Å². The third kappa shape index (κ3) is 2.68. The molecule has 1 aromatic carbocycles. The minimum absolute atomic E-state index is 0.659. The van der Waals surface area contributed by atoms with E-state index < -0.39 is 0 Å². The molecule has 0 atom stereocenters. The zero-order chi connectivity index (χ0) is 14.0. The van der Waals surface area contributed by atoms with Crippen molar-refractivity contribution in [3.8, 4) is 0 Å². The molecule has 3 heteroatoms. The first-order valence-electron chi connectivity index (χ1n) is 7.97. The van der Waals surface area contributed by atoms with Crippen LogP contribution >= 0.6 is 11.6 Å². The molecule has 1 spiro atoms. The normalized spacial score (nSPS) is 21.6. The van der Waals surface area contributed by atoms with Gasteiger partial charge in [-0.05, 0) is 55.7 Å². The van der Waals surface area contributed by atoms with Gasteiger partial charge in [0.25, 0.3) is 0 Å². The maximum Gasteiger partial charge on any atom is 0.0642 e. The molecule has 0 amide bonds. The van der Waals surface area contributed by atoms with Crippen LogP contribution in [-0.4, -0.2) is 19.6 Å². The number of halogens is 1. The highest BCUT2D eigenvalue weighted by Crippen LogP contribution is 2.47. The van der Waals surface area contributed by atoms with E-state index in [4.69, 9.17) is 17.3 Å². The number of rotatable bonds is 3. The van der Waals surface area contributed by atoms with Gasteiger partial charge in [0, 0.05) is 13.1 Å². The Hall–Kier alpha value is -0.730. The van der Waals surface area contributed by atoms with Crippen LogP contribution in [-0.2, 0) is 6.42 Å². The molecule has 110 valence electrons. The number of hydrogen-bond donors (Lipinski definition) is 1. The molecule has 2 aliphatic rings. The van der Waals surface area contributed by atoms with Gasteiger partial charge in [-0.25, -0.2) is 0 Å². The Labute approximate surface area is 127 Å². The van der Waals surface area contributed by atoms with E-state index in [2.05, 4.69) is 11.0 Å². The number of nitrogens with zero attached hydrogens (tertiary/aromatic N) is 1. The fourth-order valence-corrected chi connectivity index (χ4v) is 4.41. The van der Waals surface area contributed by atoms with Gasteiger partial charge in [0.05, 0.1) is 10.7 Å². The molecule has 1 saturated heterocycles. The largest absolute Gasteiger partial charge is 0.370 e. The summed E-state index contributed by atoms with van der Waals surface area (Å²) in [5.41, 5.74) is 8.95. The molecule has 0 unspecified atom stereocenters. The monoisotopic (exact) mass is 292 g/mol. The molecule has 1 saturated carbocycles. The summed E-state index contributed by atoms with van der Waals surface area (Å²) in [4.78, 5) is 2.50. The SMILES string of the molecule is NCCc1cccc(Cl)c1N1CCC2(CCCC2)CC1. The molecule has 1 aliphatic carbocycles. The maximum absolute atomic E-state index is 6.47. The number of hydrogen-bond acceptors (Lipinski definition) is 2. The second-order valence-electron chi connectivity index (χ2n) is 6.48. The summed E-state index contributed by atoms with van der Waals surface area (Å²) in [5.74, 6) is 0. The minimum Gasteiger partial charge on any atom is -0.370 e. The van der Waals surface area contributed by atoms with Crippen LogP contribution in [0.1, 0.15) is 44.1 Å². The molecular weight excluding hydrogens is 268 g/mol. The Balaban J connectivity index is 1.77. The molecule has 1 aliphatic heterocycles. The molecule has 2 nitrogen and oxygen atoms in total. The van der Waals surface area contributed by atoms with E-state index in [0.717, 1.165) is 24.5 Å². The Bertz CT molecular complexity index is 456. The summed E-state index contributed by atoms with van der Waals surface area (Å²) >= 11 is 6.47. The zero-order valence-electron chi connectivity index (χ0n) is 12.2. The van der Waals surface area contributed by atoms with Crippen LogP contribution in [0.2, 0.25) is 5.02 Å². The third-order valence-electron chi connectivity index (χ3n) is 5.29. The van der Waals surface area contributed by atoms with Gasteiger partial charge in [-0.3, -0.25) is 0 Å². The van der Waals surface area contributed by atoms with Crippen LogP contribution in [0.15, 0.2) is 18.2 Å². The van der Waals surface area contributed by atoms with Gasteiger partial charge < -0.3 is 10.6 Å². The fourth-order valence-electron chi connectivity index (χ4n) is 4.10. The first-order chi connectivity index (χ1) is 9.74. The van der Waals surface area contributed by atoms with E-state index in [1.807, 2.05) is 12.1 Å². The van der Waals surface area contributed by atoms with E-state index in [0.29, 0.717) is 12.0 Å². The van der Waals surface area contributed by atoms with Gasteiger partial charge in [-0.1, -0.05) is 36.6 Å². The van der Waals surface area contributed by atoms with Gasteiger partial charge in [0.2, 0.25) is 0 Å². The summed E-state index contributed by atoms with van der Waals surface area (Å²) in [6, 6.07) is 6.23. The van der Waals surface area contributed by atoms with Crippen LogP contribution in [0.25, 0.3) is 0 Å². The predicted octanol–water partition coefficient (Wildman–Crippen LogP) is 4.00. The molecule has 0 radical (unpaired) electrons. The van der Waals surface area contributed by atoms with Crippen molar-refractivity contribution >= 4 is 17.3 Å². The Morgan fingerprint density at radius 3 is 2.45 bits per heavy atom. The maximum atomic E-state index is 6.47. The standard InChI is InChI=1S/C17H25ClN2/c18-15-5-3-4-14(6-11-19)16(15)20-12-9-17(10-13-20)7-1-2-8-17/h3-5H,1-2,6-13,19H2. The molecule has 2 fully saturated rings. The van der Waals surface area contributed by atoms with Crippen LogP contribution in [0.4, 0.5) is 5.69 Å². The number of piperidine rings is 1.